The van der Waals surface area contributed by atoms with E-state index < -0.39 is 12.5 Å². The van der Waals surface area contributed by atoms with Gasteiger partial charge >= 0.3 is 5.97 Å². The number of nitrogens with one attached hydrogen (secondary N) is 2. The highest BCUT2D eigenvalue weighted by Crippen LogP contribution is 2.18. The van der Waals surface area contributed by atoms with Gasteiger partial charge in [0.05, 0.1) is 18.2 Å². The third-order valence-corrected chi connectivity index (χ3v) is 4.20. The largest absolute Gasteiger partial charge is 0.480 e. The van der Waals surface area contributed by atoms with Crippen molar-refractivity contribution < 1.29 is 19.5 Å². The number of carboxylic acid groups (broad SMARTS) is 1. The quantitative estimate of drug-likeness (QED) is 0.562. The molecule has 3 rings (SSSR count). The number of amides is 2. The number of rotatable bonds is 7. The Morgan fingerprint density at radius 3 is 2.52 bits per heavy atom. The normalized spacial score (nSPS) is 10.9. The SMILES string of the molecule is CC(C)n1ncc2cc(C(=O)Nc3ccc(CC(=O)NCC(=O)O)cc3)cnc21. The number of carbonyl (C=O) groups excluding carboxylic acids is 2. The number of aromatic nitrogens is 3. The fourth-order valence-electron chi connectivity index (χ4n) is 2.77. The summed E-state index contributed by atoms with van der Waals surface area (Å²) >= 11 is 0. The van der Waals surface area contributed by atoms with Gasteiger partial charge in [-0.15, -0.1) is 0 Å². The number of hydrogen-bond acceptors (Lipinski definition) is 5. The van der Waals surface area contributed by atoms with Crippen LogP contribution in [0.2, 0.25) is 0 Å². The zero-order valence-corrected chi connectivity index (χ0v) is 16.0. The summed E-state index contributed by atoms with van der Waals surface area (Å²) in [5.74, 6) is -1.78. The first-order valence-electron chi connectivity index (χ1n) is 9.05. The van der Waals surface area contributed by atoms with Crippen molar-refractivity contribution >= 4 is 34.5 Å². The zero-order valence-electron chi connectivity index (χ0n) is 16.0. The van der Waals surface area contributed by atoms with E-state index in [1.807, 2.05) is 13.8 Å². The lowest BCUT2D eigenvalue weighted by Gasteiger charge is -2.08. The smallest absolute Gasteiger partial charge is 0.322 e. The van der Waals surface area contributed by atoms with E-state index in [0.29, 0.717) is 16.8 Å². The van der Waals surface area contributed by atoms with Gasteiger partial charge < -0.3 is 15.7 Å². The Morgan fingerprint density at radius 1 is 1.14 bits per heavy atom. The van der Waals surface area contributed by atoms with Crippen molar-refractivity contribution in [1.29, 1.82) is 0 Å². The predicted octanol–water partition coefficient (Wildman–Crippen LogP) is 2.01. The first-order valence-corrected chi connectivity index (χ1v) is 9.05. The molecule has 3 aromatic rings. The van der Waals surface area contributed by atoms with E-state index in [9.17, 15) is 14.4 Å². The highest BCUT2D eigenvalue weighted by atomic mass is 16.4. The lowest BCUT2D eigenvalue weighted by Crippen LogP contribution is -2.30. The predicted molar refractivity (Wildman–Crippen MR) is 107 cm³/mol. The van der Waals surface area contributed by atoms with Crippen LogP contribution >= 0.6 is 0 Å². The molecular formula is C20H21N5O4. The zero-order chi connectivity index (χ0) is 21.0. The molecule has 0 saturated carbocycles. The van der Waals surface area contributed by atoms with E-state index >= 15 is 0 Å². The van der Waals surface area contributed by atoms with E-state index in [1.165, 1.54) is 6.20 Å². The summed E-state index contributed by atoms with van der Waals surface area (Å²) in [4.78, 5) is 39.0. The van der Waals surface area contributed by atoms with E-state index in [0.717, 1.165) is 11.0 Å². The molecule has 0 aliphatic carbocycles. The Hall–Kier alpha value is -3.75. The van der Waals surface area contributed by atoms with Crippen LogP contribution in [0.5, 0.6) is 0 Å². The molecule has 3 N–H and O–H groups in total. The maximum Gasteiger partial charge on any atom is 0.322 e. The molecule has 2 amide bonds. The lowest BCUT2D eigenvalue weighted by atomic mass is 10.1. The van der Waals surface area contributed by atoms with Gasteiger partial charge in [-0.05, 0) is 37.6 Å². The van der Waals surface area contributed by atoms with E-state index in [-0.39, 0.29) is 24.3 Å². The Morgan fingerprint density at radius 2 is 1.86 bits per heavy atom. The summed E-state index contributed by atoms with van der Waals surface area (Å²) in [6, 6.07) is 8.67. The third-order valence-electron chi connectivity index (χ3n) is 4.20. The van der Waals surface area contributed by atoms with Crippen LogP contribution in [0.25, 0.3) is 11.0 Å². The molecule has 0 aliphatic rings. The van der Waals surface area contributed by atoms with E-state index in [2.05, 4.69) is 20.7 Å². The second-order valence-corrected chi connectivity index (χ2v) is 6.82. The van der Waals surface area contributed by atoms with Crippen LogP contribution in [0.15, 0.2) is 42.7 Å². The molecule has 0 saturated heterocycles. The Bertz CT molecular complexity index is 1060. The van der Waals surface area contributed by atoms with Gasteiger partial charge in [0.1, 0.15) is 6.54 Å². The fourth-order valence-corrected chi connectivity index (χ4v) is 2.77. The molecule has 9 heteroatoms. The molecule has 150 valence electrons. The van der Waals surface area contributed by atoms with Crippen LogP contribution in [0.3, 0.4) is 0 Å². The maximum atomic E-state index is 12.5. The summed E-state index contributed by atoms with van der Waals surface area (Å²) in [5.41, 5.74) is 2.41. The van der Waals surface area contributed by atoms with Crippen LogP contribution < -0.4 is 10.6 Å². The van der Waals surface area contributed by atoms with Gasteiger partial charge in [0.2, 0.25) is 5.91 Å². The summed E-state index contributed by atoms with van der Waals surface area (Å²) in [6.45, 7) is 3.60. The summed E-state index contributed by atoms with van der Waals surface area (Å²) in [5, 5.41) is 18.7. The van der Waals surface area contributed by atoms with Crippen LogP contribution in [-0.4, -0.2) is 44.2 Å². The van der Waals surface area contributed by atoms with Crippen LogP contribution in [0.1, 0.15) is 35.8 Å². The van der Waals surface area contributed by atoms with E-state index in [4.69, 9.17) is 5.11 Å². The van der Waals surface area contributed by atoms with Crippen molar-refractivity contribution in [1.82, 2.24) is 20.1 Å². The number of carboxylic acids is 1. The average Bonchev–Trinajstić information content (AvgIpc) is 3.11. The van der Waals surface area contributed by atoms with Crippen LogP contribution in [0.4, 0.5) is 5.69 Å². The monoisotopic (exact) mass is 395 g/mol. The summed E-state index contributed by atoms with van der Waals surface area (Å²) in [7, 11) is 0. The maximum absolute atomic E-state index is 12.5. The molecule has 0 aliphatic heterocycles. The number of benzene rings is 1. The number of anilines is 1. The molecule has 2 heterocycles. The summed E-state index contributed by atoms with van der Waals surface area (Å²) in [6.07, 6.45) is 3.25. The third kappa shape index (κ3) is 4.95. The Balaban J connectivity index is 1.64. The second kappa shape index (κ2) is 8.51. The highest BCUT2D eigenvalue weighted by molar-refractivity contribution is 6.05. The number of nitrogens with zero attached hydrogens (tertiary/aromatic N) is 3. The molecule has 0 fully saturated rings. The molecule has 9 nitrogen and oxygen atoms in total. The molecule has 0 bridgehead atoms. The topological polar surface area (TPSA) is 126 Å². The van der Waals surface area contributed by atoms with Gasteiger partial charge in [-0.2, -0.15) is 5.10 Å². The molecule has 2 aromatic heterocycles. The molecule has 0 unspecified atom stereocenters. The number of hydrogen-bond donors (Lipinski definition) is 3. The Kier molecular flexibility index (Phi) is 5.87. The lowest BCUT2D eigenvalue weighted by molar-refractivity contribution is -0.137. The van der Waals surface area contributed by atoms with Crippen molar-refractivity contribution in [2.24, 2.45) is 0 Å². The molecular weight excluding hydrogens is 374 g/mol. The Labute approximate surface area is 166 Å². The first-order chi connectivity index (χ1) is 13.8. The van der Waals surface area contributed by atoms with Gasteiger partial charge in [0, 0.05) is 23.3 Å². The molecule has 0 atom stereocenters. The van der Waals surface area contributed by atoms with E-state index in [1.54, 1.807) is 41.2 Å². The van der Waals surface area contributed by atoms with Crippen molar-refractivity contribution in [2.45, 2.75) is 26.3 Å². The van der Waals surface area contributed by atoms with Gasteiger partial charge in [0.25, 0.3) is 5.91 Å². The van der Waals surface area contributed by atoms with Crippen LogP contribution in [0, 0.1) is 0 Å². The summed E-state index contributed by atoms with van der Waals surface area (Å²) < 4.78 is 1.79. The molecule has 0 radical (unpaired) electrons. The van der Waals surface area contributed by atoms with Crippen molar-refractivity contribution in [3.8, 4) is 0 Å². The minimum Gasteiger partial charge on any atom is -0.480 e. The number of carbonyl (C=O) groups is 3. The molecule has 0 spiro atoms. The second-order valence-electron chi connectivity index (χ2n) is 6.82. The number of fused-ring (bicyclic) bond motifs is 1. The van der Waals surface area contributed by atoms with Crippen molar-refractivity contribution in [3.05, 3.63) is 53.9 Å². The van der Waals surface area contributed by atoms with Gasteiger partial charge in [-0.1, -0.05) is 12.1 Å². The van der Waals surface area contributed by atoms with Crippen LogP contribution in [-0.2, 0) is 16.0 Å². The number of aliphatic carboxylic acids is 1. The van der Waals surface area contributed by atoms with Gasteiger partial charge in [-0.3, -0.25) is 14.4 Å². The first kappa shape index (κ1) is 20.0. The van der Waals surface area contributed by atoms with Crippen molar-refractivity contribution in [2.75, 3.05) is 11.9 Å². The molecule has 29 heavy (non-hydrogen) atoms. The average molecular weight is 395 g/mol. The minimum atomic E-state index is -1.10. The number of pyridine rings is 1. The van der Waals surface area contributed by atoms with Gasteiger partial charge in [0.15, 0.2) is 5.65 Å². The standard InChI is InChI=1S/C20H21N5O4/c1-12(2)25-19-14(10-23-25)8-15(9-22-19)20(29)24-16-5-3-13(4-6-16)7-17(26)21-11-18(27)28/h3-6,8-10,12H,7,11H2,1-2H3,(H,21,26)(H,24,29)(H,27,28). The minimum absolute atomic E-state index is 0.0575. The molecule has 1 aromatic carbocycles. The van der Waals surface area contributed by atoms with Gasteiger partial charge in [-0.25, -0.2) is 9.67 Å². The fraction of sp³-hybridized carbons (Fsp3) is 0.250. The highest BCUT2D eigenvalue weighted by Gasteiger charge is 2.12. The van der Waals surface area contributed by atoms with Crippen molar-refractivity contribution in [3.63, 3.8) is 0 Å².